The van der Waals surface area contributed by atoms with Crippen molar-refractivity contribution in [1.82, 2.24) is 5.10 Å². The first-order valence-corrected chi connectivity index (χ1v) is 6.56. The summed E-state index contributed by atoms with van der Waals surface area (Å²) in [6.45, 7) is 6.66. The number of para-hydroxylation sites is 2. The van der Waals surface area contributed by atoms with Gasteiger partial charge in [-0.25, -0.2) is 0 Å². The SMILES string of the molecule is CCC(Nc1[nH+]nc2ccccc2[n+]1C)C(C)C. The Morgan fingerprint density at radius 3 is 2.72 bits per heavy atom. The van der Waals surface area contributed by atoms with E-state index in [4.69, 9.17) is 0 Å². The van der Waals surface area contributed by atoms with Crippen molar-refractivity contribution in [2.75, 3.05) is 5.32 Å². The topological polar surface area (TPSA) is 42.9 Å². The number of benzene rings is 1. The number of anilines is 1. The molecule has 0 aliphatic rings. The molecule has 0 aliphatic heterocycles. The van der Waals surface area contributed by atoms with Gasteiger partial charge in [0.15, 0.2) is 11.0 Å². The van der Waals surface area contributed by atoms with Crippen molar-refractivity contribution in [1.29, 1.82) is 0 Å². The van der Waals surface area contributed by atoms with E-state index in [2.05, 4.69) is 54.0 Å². The Bertz CT molecular complexity index is 536. The van der Waals surface area contributed by atoms with E-state index >= 15 is 0 Å². The van der Waals surface area contributed by atoms with Crippen molar-refractivity contribution >= 4 is 17.0 Å². The van der Waals surface area contributed by atoms with Gasteiger partial charge in [0.25, 0.3) is 0 Å². The molecule has 2 N–H and O–H groups in total. The highest BCUT2D eigenvalue weighted by molar-refractivity contribution is 5.69. The summed E-state index contributed by atoms with van der Waals surface area (Å²) in [6, 6.07) is 8.58. The average Bonchev–Trinajstić information content (AvgIpc) is 2.38. The summed E-state index contributed by atoms with van der Waals surface area (Å²) in [5.74, 6) is 1.55. The minimum atomic E-state index is 0.454. The highest BCUT2D eigenvalue weighted by Gasteiger charge is 2.25. The normalized spacial score (nSPS) is 12.9. The molecule has 1 aromatic carbocycles. The second-order valence-electron chi connectivity index (χ2n) is 5.02. The third kappa shape index (κ3) is 2.42. The molecule has 4 heteroatoms. The number of hydrogen-bond acceptors (Lipinski definition) is 2. The molecule has 0 spiro atoms. The van der Waals surface area contributed by atoms with Gasteiger partial charge in [-0.3, -0.25) is 0 Å². The maximum Gasteiger partial charge on any atom is 0.546 e. The van der Waals surface area contributed by atoms with Crippen LogP contribution in [0.3, 0.4) is 0 Å². The van der Waals surface area contributed by atoms with Gasteiger partial charge in [-0.15, -0.1) is 0 Å². The predicted octanol–water partition coefficient (Wildman–Crippen LogP) is 1.72. The van der Waals surface area contributed by atoms with Crippen LogP contribution in [0.5, 0.6) is 0 Å². The Kier molecular flexibility index (Phi) is 3.75. The number of rotatable bonds is 4. The molecule has 1 heterocycles. The molecule has 0 fully saturated rings. The van der Waals surface area contributed by atoms with E-state index in [0.29, 0.717) is 12.0 Å². The molecule has 2 rings (SSSR count). The molecule has 1 aromatic heterocycles. The first kappa shape index (κ1) is 12.7. The van der Waals surface area contributed by atoms with Crippen LogP contribution in [0.15, 0.2) is 24.3 Å². The number of H-pyrrole nitrogens is 1. The molecule has 18 heavy (non-hydrogen) atoms. The molecule has 0 amide bonds. The third-order valence-electron chi connectivity index (χ3n) is 3.43. The van der Waals surface area contributed by atoms with E-state index in [9.17, 15) is 0 Å². The molecule has 4 nitrogen and oxygen atoms in total. The van der Waals surface area contributed by atoms with Crippen LogP contribution < -0.4 is 15.0 Å². The molecule has 1 atom stereocenters. The standard InChI is InChI=1S/C14H20N4/c1-5-11(10(2)3)15-14-17-16-12-8-6-7-9-13(12)18(14)4/h6-11H,5H2,1-4H3/p+2. The molecule has 0 saturated carbocycles. The van der Waals surface area contributed by atoms with Crippen molar-refractivity contribution < 1.29 is 9.67 Å². The van der Waals surface area contributed by atoms with Gasteiger partial charge in [-0.2, -0.15) is 9.88 Å². The highest BCUT2D eigenvalue weighted by Crippen LogP contribution is 2.10. The Labute approximate surface area is 108 Å². The monoisotopic (exact) mass is 246 g/mol. The van der Waals surface area contributed by atoms with Gasteiger partial charge in [-0.05, 0) is 23.7 Å². The molecular formula is C14H22N4+2. The molecule has 1 unspecified atom stereocenters. The number of aromatic amines is 1. The second-order valence-corrected chi connectivity index (χ2v) is 5.02. The fourth-order valence-corrected chi connectivity index (χ4v) is 2.20. The van der Waals surface area contributed by atoms with E-state index in [1.165, 1.54) is 0 Å². The molecule has 0 radical (unpaired) electrons. The van der Waals surface area contributed by atoms with Crippen LogP contribution in [0, 0.1) is 5.92 Å². The molecule has 2 aromatic rings. The summed E-state index contributed by atoms with van der Waals surface area (Å²) in [5.41, 5.74) is 2.10. The Hall–Kier alpha value is -1.71. The predicted molar refractivity (Wildman–Crippen MR) is 72.0 cm³/mol. The van der Waals surface area contributed by atoms with Crippen LogP contribution in [0.1, 0.15) is 27.2 Å². The van der Waals surface area contributed by atoms with Crippen LogP contribution in [-0.4, -0.2) is 11.1 Å². The Balaban J connectivity index is 2.37. The molecule has 0 bridgehead atoms. The van der Waals surface area contributed by atoms with Crippen molar-refractivity contribution in [2.45, 2.75) is 33.2 Å². The zero-order valence-corrected chi connectivity index (χ0v) is 11.6. The zero-order valence-electron chi connectivity index (χ0n) is 11.6. The number of aryl methyl sites for hydroxylation is 1. The van der Waals surface area contributed by atoms with E-state index < -0.39 is 0 Å². The van der Waals surface area contributed by atoms with Crippen molar-refractivity contribution in [3.63, 3.8) is 0 Å². The van der Waals surface area contributed by atoms with Crippen molar-refractivity contribution in [2.24, 2.45) is 13.0 Å². The Morgan fingerprint density at radius 1 is 1.33 bits per heavy atom. The fourth-order valence-electron chi connectivity index (χ4n) is 2.20. The van der Waals surface area contributed by atoms with Gasteiger partial charge < -0.3 is 0 Å². The lowest BCUT2D eigenvalue weighted by Crippen LogP contribution is -2.44. The van der Waals surface area contributed by atoms with Crippen LogP contribution in [-0.2, 0) is 7.05 Å². The number of fused-ring (bicyclic) bond motifs is 1. The van der Waals surface area contributed by atoms with Gasteiger partial charge in [0.05, 0.1) is 0 Å². The first-order valence-electron chi connectivity index (χ1n) is 6.56. The minimum Gasteiger partial charge on any atom is -0.195 e. The van der Waals surface area contributed by atoms with Crippen molar-refractivity contribution in [3.05, 3.63) is 24.3 Å². The largest absolute Gasteiger partial charge is 0.546 e. The van der Waals surface area contributed by atoms with Gasteiger partial charge in [0, 0.05) is 5.92 Å². The summed E-state index contributed by atoms with van der Waals surface area (Å²) < 4.78 is 2.12. The molecule has 0 saturated heterocycles. The number of nitrogens with one attached hydrogen (secondary N) is 2. The summed E-state index contributed by atoms with van der Waals surface area (Å²) in [6.07, 6.45) is 1.10. The summed E-state index contributed by atoms with van der Waals surface area (Å²) in [4.78, 5) is 0. The lowest BCUT2D eigenvalue weighted by atomic mass is 10.0. The zero-order chi connectivity index (χ0) is 13.1. The lowest BCUT2D eigenvalue weighted by molar-refractivity contribution is -0.693. The van der Waals surface area contributed by atoms with Gasteiger partial charge in [-0.1, -0.05) is 38.0 Å². The van der Waals surface area contributed by atoms with Gasteiger partial charge >= 0.3 is 5.95 Å². The molecule has 96 valence electrons. The van der Waals surface area contributed by atoms with E-state index in [1.54, 1.807) is 0 Å². The first-order chi connectivity index (χ1) is 8.63. The molecular weight excluding hydrogens is 224 g/mol. The fraction of sp³-hybridized carbons (Fsp3) is 0.500. The van der Waals surface area contributed by atoms with Crippen molar-refractivity contribution in [3.8, 4) is 0 Å². The number of hydrogen-bond donors (Lipinski definition) is 1. The maximum absolute atomic E-state index is 4.38. The van der Waals surface area contributed by atoms with Crippen LogP contribution >= 0.6 is 0 Å². The summed E-state index contributed by atoms with van der Waals surface area (Å²) >= 11 is 0. The van der Waals surface area contributed by atoms with Gasteiger partial charge in [0.2, 0.25) is 0 Å². The summed E-state index contributed by atoms with van der Waals surface area (Å²) in [5, 5.41) is 11.0. The highest BCUT2D eigenvalue weighted by atomic mass is 15.3. The Morgan fingerprint density at radius 2 is 2.06 bits per heavy atom. The number of nitrogens with zero attached hydrogens (tertiary/aromatic N) is 2. The molecule has 0 aliphatic carbocycles. The van der Waals surface area contributed by atoms with E-state index in [-0.39, 0.29) is 0 Å². The van der Waals surface area contributed by atoms with E-state index in [0.717, 1.165) is 23.4 Å². The smallest absolute Gasteiger partial charge is 0.195 e. The minimum absolute atomic E-state index is 0.454. The lowest BCUT2D eigenvalue weighted by Gasteiger charge is -2.12. The second kappa shape index (κ2) is 5.29. The van der Waals surface area contributed by atoms with Crippen LogP contribution in [0.25, 0.3) is 11.0 Å². The third-order valence-corrected chi connectivity index (χ3v) is 3.43. The maximum atomic E-state index is 4.38. The van der Waals surface area contributed by atoms with Crippen LogP contribution in [0.2, 0.25) is 0 Å². The quantitative estimate of drug-likeness (QED) is 0.835. The average molecular weight is 246 g/mol. The van der Waals surface area contributed by atoms with Gasteiger partial charge in [0.1, 0.15) is 13.1 Å². The number of aromatic nitrogens is 3. The van der Waals surface area contributed by atoms with E-state index in [1.807, 2.05) is 18.2 Å². The van der Waals surface area contributed by atoms with Crippen LogP contribution in [0.4, 0.5) is 5.95 Å². The summed E-state index contributed by atoms with van der Waals surface area (Å²) in [7, 11) is 2.05.